The summed E-state index contributed by atoms with van der Waals surface area (Å²) in [6, 6.07) is 0. The third-order valence-electron chi connectivity index (χ3n) is 2.53. The minimum Gasteiger partial charge on any atom is -0.396 e. The van der Waals surface area contributed by atoms with E-state index in [1.807, 2.05) is 26.2 Å². The Morgan fingerprint density at radius 2 is 2.11 bits per heavy atom. The molecule has 1 aromatic rings. The van der Waals surface area contributed by atoms with Crippen molar-refractivity contribution in [3.8, 4) is 0 Å². The molecule has 0 aliphatic carbocycles. The monoisotopic (exact) mass is 307 g/mol. The van der Waals surface area contributed by atoms with Crippen molar-refractivity contribution in [1.82, 2.24) is 9.29 Å². The summed E-state index contributed by atoms with van der Waals surface area (Å²) in [5, 5.41) is 10.9. The Labute approximate surface area is 118 Å². The maximum atomic E-state index is 12.0. The quantitative estimate of drug-likeness (QED) is 0.832. The van der Waals surface area contributed by atoms with Crippen LogP contribution in [0.3, 0.4) is 0 Å². The number of aliphatic hydroxyl groups excluding tert-OH is 1. The van der Waals surface area contributed by atoms with Crippen LogP contribution in [0.25, 0.3) is 0 Å². The minimum absolute atomic E-state index is 0.0364. The summed E-state index contributed by atoms with van der Waals surface area (Å²) >= 11 is 1.27. The molecule has 19 heavy (non-hydrogen) atoms. The lowest BCUT2D eigenvalue weighted by atomic mass is 9.93. The van der Waals surface area contributed by atoms with Crippen LogP contribution in [0.2, 0.25) is 0 Å². The summed E-state index contributed by atoms with van der Waals surface area (Å²) in [5.74, 6) is 0. The van der Waals surface area contributed by atoms with Crippen LogP contribution in [0.1, 0.15) is 32.9 Å². The number of thiazole rings is 1. The fraction of sp³-hybridized carbons (Fsp3) is 0.727. The second-order valence-corrected chi connectivity index (χ2v) is 7.93. The van der Waals surface area contributed by atoms with E-state index in [1.165, 1.54) is 22.7 Å². The fourth-order valence-electron chi connectivity index (χ4n) is 1.27. The number of aliphatic hydroxyl groups is 1. The Balaban J connectivity index is 2.76. The molecule has 0 fully saturated rings. The molecule has 1 aromatic heterocycles. The average molecular weight is 307 g/mol. The molecule has 0 saturated heterocycles. The molecule has 1 rings (SSSR count). The molecule has 0 aliphatic rings. The molecular weight excluding hydrogens is 286 g/mol. The van der Waals surface area contributed by atoms with Crippen LogP contribution in [-0.2, 0) is 15.6 Å². The molecule has 0 radical (unpaired) electrons. The van der Waals surface area contributed by atoms with Gasteiger partial charge in [0, 0.05) is 31.0 Å². The van der Waals surface area contributed by atoms with Gasteiger partial charge in [-0.05, 0) is 6.42 Å². The Hall–Kier alpha value is -0.700. The SMILES string of the molecule is CN(CCCO)S(=O)(=O)Nc1nc(C(C)(C)C)cs1. The first kappa shape index (κ1) is 16.4. The van der Waals surface area contributed by atoms with Gasteiger partial charge in [0.15, 0.2) is 5.13 Å². The van der Waals surface area contributed by atoms with Crippen LogP contribution in [0.4, 0.5) is 5.13 Å². The molecule has 0 bridgehead atoms. The van der Waals surface area contributed by atoms with Gasteiger partial charge in [0.05, 0.1) is 5.69 Å². The molecule has 2 N–H and O–H groups in total. The van der Waals surface area contributed by atoms with Gasteiger partial charge in [-0.3, -0.25) is 0 Å². The molecule has 0 saturated carbocycles. The lowest BCUT2D eigenvalue weighted by Crippen LogP contribution is -2.33. The maximum absolute atomic E-state index is 12.0. The van der Waals surface area contributed by atoms with Crippen molar-refractivity contribution in [2.75, 3.05) is 24.9 Å². The van der Waals surface area contributed by atoms with E-state index in [2.05, 4.69) is 9.71 Å². The van der Waals surface area contributed by atoms with E-state index < -0.39 is 10.2 Å². The molecule has 6 nitrogen and oxygen atoms in total. The van der Waals surface area contributed by atoms with Gasteiger partial charge in [-0.15, -0.1) is 11.3 Å². The highest BCUT2D eigenvalue weighted by atomic mass is 32.2. The first-order valence-electron chi connectivity index (χ1n) is 5.98. The molecule has 0 spiro atoms. The fourth-order valence-corrected chi connectivity index (χ4v) is 3.35. The van der Waals surface area contributed by atoms with Crippen LogP contribution < -0.4 is 4.72 Å². The highest BCUT2D eigenvalue weighted by Gasteiger charge is 2.21. The number of hydrogen-bond acceptors (Lipinski definition) is 5. The number of rotatable bonds is 6. The third-order valence-corrected chi connectivity index (χ3v) is 4.87. The van der Waals surface area contributed by atoms with Gasteiger partial charge in [0.2, 0.25) is 0 Å². The molecule has 110 valence electrons. The molecular formula is C11H21N3O3S2. The Morgan fingerprint density at radius 1 is 1.47 bits per heavy atom. The normalized spacial score (nSPS) is 12.9. The van der Waals surface area contributed by atoms with Crippen molar-refractivity contribution in [3.63, 3.8) is 0 Å². The lowest BCUT2D eigenvalue weighted by Gasteiger charge is -2.17. The van der Waals surface area contributed by atoms with Crippen molar-refractivity contribution in [2.45, 2.75) is 32.6 Å². The molecule has 1 heterocycles. The topological polar surface area (TPSA) is 82.5 Å². The lowest BCUT2D eigenvalue weighted by molar-refractivity contribution is 0.276. The standard InChI is InChI=1S/C11H21N3O3S2/c1-11(2,3)9-8-18-10(12-9)13-19(16,17)14(4)6-5-7-15/h8,15H,5-7H2,1-4H3,(H,12,13). The maximum Gasteiger partial charge on any atom is 0.303 e. The van der Waals surface area contributed by atoms with Crippen molar-refractivity contribution in [3.05, 3.63) is 11.1 Å². The summed E-state index contributed by atoms with van der Waals surface area (Å²) in [7, 11) is -2.13. The van der Waals surface area contributed by atoms with Crippen LogP contribution >= 0.6 is 11.3 Å². The van der Waals surface area contributed by atoms with Gasteiger partial charge < -0.3 is 5.11 Å². The second kappa shape index (κ2) is 6.17. The molecule has 0 aliphatic heterocycles. The number of nitrogens with zero attached hydrogens (tertiary/aromatic N) is 2. The van der Waals surface area contributed by atoms with Crippen molar-refractivity contribution in [2.24, 2.45) is 0 Å². The molecule has 0 unspecified atom stereocenters. The van der Waals surface area contributed by atoms with Crippen molar-refractivity contribution in [1.29, 1.82) is 0 Å². The predicted molar refractivity (Wildman–Crippen MR) is 77.7 cm³/mol. The van der Waals surface area contributed by atoms with Crippen molar-refractivity contribution >= 4 is 26.7 Å². The van der Waals surface area contributed by atoms with Crippen molar-refractivity contribution < 1.29 is 13.5 Å². The summed E-state index contributed by atoms with van der Waals surface area (Å²) in [6.45, 7) is 6.30. The summed E-state index contributed by atoms with van der Waals surface area (Å²) in [4.78, 5) is 4.28. The number of nitrogens with one attached hydrogen (secondary N) is 1. The van der Waals surface area contributed by atoms with E-state index in [9.17, 15) is 8.42 Å². The second-order valence-electron chi connectivity index (χ2n) is 5.29. The molecule has 0 aromatic carbocycles. The highest BCUT2D eigenvalue weighted by Crippen LogP contribution is 2.27. The van der Waals surface area contributed by atoms with Gasteiger partial charge in [-0.1, -0.05) is 20.8 Å². The minimum atomic E-state index is -3.60. The molecule has 0 atom stereocenters. The van der Waals surface area contributed by atoms with E-state index in [0.717, 1.165) is 5.69 Å². The largest absolute Gasteiger partial charge is 0.396 e. The van der Waals surface area contributed by atoms with E-state index in [0.29, 0.717) is 11.6 Å². The summed E-state index contributed by atoms with van der Waals surface area (Å²) in [6.07, 6.45) is 0.405. The van der Waals surface area contributed by atoms with Gasteiger partial charge in [-0.25, -0.2) is 9.71 Å². The van der Waals surface area contributed by atoms with E-state index >= 15 is 0 Å². The Bertz CT molecular complexity index is 506. The van der Waals surface area contributed by atoms with E-state index in [4.69, 9.17) is 5.11 Å². The zero-order valence-electron chi connectivity index (χ0n) is 11.7. The zero-order valence-corrected chi connectivity index (χ0v) is 13.3. The Kier molecular flexibility index (Phi) is 5.31. The third kappa shape index (κ3) is 4.72. The van der Waals surface area contributed by atoms with Crippen LogP contribution in [-0.4, -0.2) is 43.0 Å². The van der Waals surface area contributed by atoms with E-state index in [1.54, 1.807) is 0 Å². The number of hydrogen-bond donors (Lipinski definition) is 2. The average Bonchev–Trinajstić information content (AvgIpc) is 2.73. The number of anilines is 1. The van der Waals surface area contributed by atoms with Gasteiger partial charge >= 0.3 is 10.2 Å². The first-order chi connectivity index (χ1) is 8.66. The predicted octanol–water partition coefficient (Wildman–Crippen LogP) is 1.41. The molecule has 0 amide bonds. The smallest absolute Gasteiger partial charge is 0.303 e. The van der Waals surface area contributed by atoms with Gasteiger partial charge in [0.1, 0.15) is 0 Å². The number of aromatic nitrogens is 1. The summed E-state index contributed by atoms with van der Waals surface area (Å²) in [5.41, 5.74) is 0.747. The zero-order chi connectivity index (χ0) is 14.7. The van der Waals surface area contributed by atoms with E-state index in [-0.39, 0.29) is 18.6 Å². The highest BCUT2D eigenvalue weighted by molar-refractivity contribution is 7.90. The van der Waals surface area contributed by atoms with Gasteiger partial charge in [-0.2, -0.15) is 12.7 Å². The van der Waals surface area contributed by atoms with Crippen LogP contribution in [0.5, 0.6) is 0 Å². The Morgan fingerprint density at radius 3 is 2.58 bits per heavy atom. The van der Waals surface area contributed by atoms with Gasteiger partial charge in [0.25, 0.3) is 0 Å². The summed E-state index contributed by atoms with van der Waals surface area (Å²) < 4.78 is 27.5. The van der Waals surface area contributed by atoms with Crippen LogP contribution in [0.15, 0.2) is 5.38 Å². The van der Waals surface area contributed by atoms with Crippen LogP contribution in [0, 0.1) is 0 Å². The first-order valence-corrected chi connectivity index (χ1v) is 8.30. The molecule has 8 heteroatoms.